The van der Waals surface area contributed by atoms with Gasteiger partial charge in [-0.15, -0.1) is 0 Å². The molecule has 0 unspecified atom stereocenters. The van der Waals surface area contributed by atoms with Crippen molar-refractivity contribution in [2.75, 3.05) is 6.61 Å². The average Bonchev–Trinajstić information content (AvgIpc) is 3.41. The van der Waals surface area contributed by atoms with Gasteiger partial charge in [0.1, 0.15) is 5.69 Å². The summed E-state index contributed by atoms with van der Waals surface area (Å²) in [6, 6.07) is 4.00. The van der Waals surface area contributed by atoms with Crippen LogP contribution in [0.3, 0.4) is 0 Å². The van der Waals surface area contributed by atoms with Gasteiger partial charge in [0.25, 0.3) is 5.56 Å². The quantitative estimate of drug-likeness (QED) is 0.737. The van der Waals surface area contributed by atoms with Crippen molar-refractivity contribution in [2.45, 2.75) is 19.0 Å². The van der Waals surface area contributed by atoms with Gasteiger partial charge in [-0.05, 0) is 37.0 Å². The van der Waals surface area contributed by atoms with E-state index in [2.05, 4.69) is 0 Å². The van der Waals surface area contributed by atoms with Crippen LogP contribution >= 0.6 is 11.6 Å². The monoisotopic (exact) mass is 402 g/mol. The molecule has 6 nitrogen and oxygen atoms in total. The molecule has 0 atom stereocenters. The van der Waals surface area contributed by atoms with Gasteiger partial charge in [-0.3, -0.25) is 9.36 Å². The summed E-state index contributed by atoms with van der Waals surface area (Å²) in [6.45, 7) is 0.237. The highest BCUT2D eigenvalue weighted by atomic mass is 35.5. The second kappa shape index (κ2) is 6.88. The number of alkyl halides is 3. The second-order valence-corrected chi connectivity index (χ2v) is 6.66. The molecule has 0 amide bonds. The Bertz CT molecular complexity index is 1020. The van der Waals surface area contributed by atoms with Crippen LogP contribution in [0.2, 0.25) is 5.02 Å². The van der Waals surface area contributed by atoms with E-state index in [4.69, 9.17) is 16.3 Å². The van der Waals surface area contributed by atoms with Crippen molar-refractivity contribution in [1.82, 2.24) is 9.13 Å². The van der Waals surface area contributed by atoms with Gasteiger partial charge in [0, 0.05) is 13.1 Å². The number of rotatable bonds is 4. The molecule has 1 aliphatic rings. The maximum Gasteiger partial charge on any atom is 0.431 e. The van der Waals surface area contributed by atoms with E-state index in [1.807, 2.05) is 0 Å². The van der Waals surface area contributed by atoms with Gasteiger partial charge in [0.15, 0.2) is 0 Å². The Hall–Kier alpha value is -2.55. The van der Waals surface area contributed by atoms with E-state index < -0.39 is 29.1 Å². The predicted molar refractivity (Wildman–Crippen MR) is 90.3 cm³/mol. The minimum Gasteiger partial charge on any atom is -0.462 e. The van der Waals surface area contributed by atoms with E-state index in [9.17, 15) is 27.6 Å². The number of esters is 1. The molecule has 1 aliphatic carbocycles. The SMILES string of the molecule is Cn1c(C(F)(F)F)cc(=O)n(-c2ccc(Cl)c(C(=O)OCC3CC3)c2)c1=O. The number of nitrogens with zero attached hydrogens (tertiary/aromatic N) is 2. The Morgan fingerprint density at radius 3 is 2.52 bits per heavy atom. The molecule has 0 bridgehead atoms. The standard InChI is InChI=1S/C17H14ClF3N2O4/c1-22-13(17(19,20)21)7-14(24)23(16(22)26)10-4-5-12(18)11(6-10)15(25)27-8-9-2-3-9/h4-7,9H,2-3,8H2,1H3. The summed E-state index contributed by atoms with van der Waals surface area (Å²) in [6.07, 6.45) is -2.92. The molecule has 1 heterocycles. The topological polar surface area (TPSA) is 70.3 Å². The van der Waals surface area contributed by atoms with Gasteiger partial charge < -0.3 is 4.74 Å². The fraction of sp³-hybridized carbons (Fsp3) is 0.353. The number of hydrogen-bond acceptors (Lipinski definition) is 4. The third kappa shape index (κ3) is 3.92. The number of ether oxygens (including phenoxy) is 1. The Morgan fingerprint density at radius 1 is 1.26 bits per heavy atom. The summed E-state index contributed by atoms with van der Waals surface area (Å²) in [4.78, 5) is 36.7. The zero-order valence-corrected chi connectivity index (χ0v) is 14.8. The summed E-state index contributed by atoms with van der Waals surface area (Å²) < 4.78 is 44.8. The highest BCUT2D eigenvalue weighted by Gasteiger charge is 2.35. The molecule has 0 aliphatic heterocycles. The molecule has 2 aromatic rings. The van der Waals surface area contributed by atoms with Crippen LogP contribution < -0.4 is 11.2 Å². The van der Waals surface area contributed by atoms with E-state index in [-0.39, 0.29) is 22.9 Å². The normalized spacial score (nSPS) is 14.3. The highest BCUT2D eigenvalue weighted by Crippen LogP contribution is 2.30. The Morgan fingerprint density at radius 2 is 1.93 bits per heavy atom. The van der Waals surface area contributed by atoms with Crippen molar-refractivity contribution in [2.24, 2.45) is 13.0 Å². The molecular formula is C17H14ClF3N2O4. The van der Waals surface area contributed by atoms with Gasteiger partial charge in [-0.25, -0.2) is 14.2 Å². The predicted octanol–water partition coefficient (Wildman–Crippen LogP) is 2.78. The number of carbonyl (C=O) groups is 1. The van der Waals surface area contributed by atoms with Crippen LogP contribution in [0.25, 0.3) is 5.69 Å². The minimum absolute atomic E-state index is 0.0383. The summed E-state index contributed by atoms with van der Waals surface area (Å²) in [7, 11) is 0.905. The number of halogens is 4. The molecule has 3 rings (SSSR count). The molecule has 0 N–H and O–H groups in total. The number of hydrogen-bond donors (Lipinski definition) is 0. The summed E-state index contributed by atoms with van der Waals surface area (Å²) in [5, 5.41) is 0.0383. The fourth-order valence-corrected chi connectivity index (χ4v) is 2.69. The first-order valence-corrected chi connectivity index (χ1v) is 8.34. The number of carbonyl (C=O) groups excluding carboxylic acids is 1. The third-order valence-electron chi connectivity index (χ3n) is 4.19. The lowest BCUT2D eigenvalue weighted by Gasteiger charge is -2.14. The van der Waals surface area contributed by atoms with Crippen molar-refractivity contribution in [1.29, 1.82) is 0 Å². The van der Waals surface area contributed by atoms with Crippen LogP contribution in [0.4, 0.5) is 13.2 Å². The van der Waals surface area contributed by atoms with Crippen molar-refractivity contribution in [3.05, 3.63) is 61.4 Å². The van der Waals surface area contributed by atoms with Gasteiger partial charge >= 0.3 is 17.8 Å². The highest BCUT2D eigenvalue weighted by molar-refractivity contribution is 6.33. The summed E-state index contributed by atoms with van der Waals surface area (Å²) in [5.41, 5.74) is -3.91. The first-order chi connectivity index (χ1) is 12.6. The first kappa shape index (κ1) is 19.2. The summed E-state index contributed by atoms with van der Waals surface area (Å²) in [5.74, 6) is -0.411. The molecule has 0 radical (unpaired) electrons. The van der Waals surface area contributed by atoms with Gasteiger partial charge in [0.05, 0.1) is 22.9 Å². The molecule has 27 heavy (non-hydrogen) atoms. The Balaban J connectivity index is 2.05. The average molecular weight is 403 g/mol. The van der Waals surface area contributed by atoms with E-state index in [1.54, 1.807) is 0 Å². The number of benzene rings is 1. The largest absolute Gasteiger partial charge is 0.462 e. The lowest BCUT2D eigenvalue weighted by Crippen LogP contribution is -2.40. The summed E-state index contributed by atoms with van der Waals surface area (Å²) >= 11 is 5.99. The molecule has 0 saturated heterocycles. The number of aromatic nitrogens is 2. The molecule has 144 valence electrons. The van der Waals surface area contributed by atoms with Gasteiger partial charge in [-0.2, -0.15) is 13.2 Å². The first-order valence-electron chi connectivity index (χ1n) is 7.97. The zero-order valence-electron chi connectivity index (χ0n) is 14.0. The van der Waals surface area contributed by atoms with Crippen molar-refractivity contribution in [3.8, 4) is 5.69 Å². The maximum absolute atomic E-state index is 12.9. The van der Waals surface area contributed by atoms with Gasteiger partial charge in [0.2, 0.25) is 0 Å². The lowest BCUT2D eigenvalue weighted by molar-refractivity contribution is -0.144. The van der Waals surface area contributed by atoms with Crippen molar-refractivity contribution < 1.29 is 22.7 Å². The van der Waals surface area contributed by atoms with Crippen LogP contribution in [0.15, 0.2) is 33.9 Å². The van der Waals surface area contributed by atoms with Crippen LogP contribution in [0.1, 0.15) is 28.9 Å². The molecule has 1 aromatic carbocycles. The van der Waals surface area contributed by atoms with Crippen LogP contribution in [-0.2, 0) is 18.0 Å². The molecule has 0 spiro atoms. The molecule has 1 aromatic heterocycles. The van der Waals surface area contributed by atoms with E-state index in [0.29, 0.717) is 21.1 Å². The van der Waals surface area contributed by atoms with Crippen LogP contribution in [0.5, 0.6) is 0 Å². The Kier molecular flexibility index (Phi) is 4.90. The Labute approximate surface area is 155 Å². The van der Waals surface area contributed by atoms with Crippen LogP contribution in [-0.4, -0.2) is 21.7 Å². The van der Waals surface area contributed by atoms with Gasteiger partial charge in [-0.1, -0.05) is 11.6 Å². The zero-order chi connectivity index (χ0) is 19.9. The van der Waals surface area contributed by atoms with Crippen LogP contribution in [0, 0.1) is 5.92 Å². The van der Waals surface area contributed by atoms with Crippen molar-refractivity contribution >= 4 is 17.6 Å². The smallest absolute Gasteiger partial charge is 0.431 e. The second-order valence-electron chi connectivity index (χ2n) is 6.25. The maximum atomic E-state index is 12.9. The molecule has 10 heteroatoms. The molecule has 1 fully saturated rings. The molecule has 1 saturated carbocycles. The van der Waals surface area contributed by atoms with Crippen molar-refractivity contribution in [3.63, 3.8) is 0 Å². The third-order valence-corrected chi connectivity index (χ3v) is 4.52. The lowest BCUT2D eigenvalue weighted by atomic mass is 10.2. The molecular weight excluding hydrogens is 389 g/mol. The van der Waals surface area contributed by atoms with E-state index in [0.717, 1.165) is 26.0 Å². The fourth-order valence-electron chi connectivity index (χ4n) is 2.50. The van der Waals surface area contributed by atoms with E-state index in [1.165, 1.54) is 12.1 Å². The minimum atomic E-state index is -4.86. The van der Waals surface area contributed by atoms with E-state index >= 15 is 0 Å².